The quantitative estimate of drug-likeness (QED) is 0.335. The number of carbonyl (C=O) groups is 4. The van der Waals surface area contributed by atoms with Gasteiger partial charge in [-0.1, -0.05) is 40.7 Å². The average Bonchev–Trinajstić information content (AvgIpc) is 3.12. The molecule has 0 spiro atoms. The number of aromatic nitrogens is 2. The highest BCUT2D eigenvalue weighted by Crippen LogP contribution is 2.25. The number of ketones is 1. The summed E-state index contributed by atoms with van der Waals surface area (Å²) in [5.41, 5.74) is 6.37. The molecule has 0 aliphatic heterocycles. The van der Waals surface area contributed by atoms with E-state index >= 15 is 0 Å². The van der Waals surface area contributed by atoms with Gasteiger partial charge in [-0.05, 0) is 38.2 Å². The van der Waals surface area contributed by atoms with Gasteiger partial charge in [-0.3, -0.25) is 24.3 Å². The van der Waals surface area contributed by atoms with Crippen molar-refractivity contribution in [2.45, 2.75) is 73.5 Å². The van der Waals surface area contributed by atoms with Gasteiger partial charge >= 0.3 is 0 Å². The van der Waals surface area contributed by atoms with Crippen LogP contribution in [-0.4, -0.2) is 51.8 Å². The third kappa shape index (κ3) is 7.21. The van der Waals surface area contributed by atoms with Crippen LogP contribution in [0.2, 0.25) is 0 Å². The van der Waals surface area contributed by atoms with E-state index in [-0.39, 0.29) is 11.8 Å². The minimum Gasteiger partial charge on any atom is -0.376 e. The number of amides is 3. The van der Waals surface area contributed by atoms with Gasteiger partial charge in [0.1, 0.15) is 11.7 Å². The van der Waals surface area contributed by atoms with Crippen LogP contribution < -0.4 is 21.7 Å². The van der Waals surface area contributed by atoms with E-state index in [1.807, 2.05) is 20.8 Å². The topological polar surface area (TPSA) is 159 Å². The zero-order chi connectivity index (χ0) is 24.8. The lowest BCUT2D eigenvalue weighted by Gasteiger charge is -2.35. The van der Waals surface area contributed by atoms with E-state index < -0.39 is 41.1 Å². The van der Waals surface area contributed by atoms with Gasteiger partial charge in [0.05, 0.1) is 17.8 Å². The van der Waals surface area contributed by atoms with Gasteiger partial charge in [-0.25, -0.2) is 0 Å². The van der Waals surface area contributed by atoms with Crippen molar-refractivity contribution in [3.05, 3.63) is 29.2 Å². The highest BCUT2D eigenvalue weighted by molar-refractivity contribution is 6.37. The molecule has 32 heavy (non-hydrogen) atoms. The molecule has 10 nitrogen and oxygen atoms in total. The smallest absolute Gasteiger partial charge is 0.287 e. The van der Waals surface area contributed by atoms with E-state index in [1.165, 1.54) is 0 Å². The molecule has 0 saturated heterocycles. The molecule has 0 fully saturated rings. The largest absolute Gasteiger partial charge is 0.376 e. The number of hydrogen-bond acceptors (Lipinski definition) is 6. The van der Waals surface area contributed by atoms with Crippen molar-refractivity contribution in [3.63, 3.8) is 0 Å². The average molecular weight is 449 g/mol. The highest BCUT2D eigenvalue weighted by Gasteiger charge is 2.33. The highest BCUT2D eigenvalue weighted by atomic mass is 16.2. The summed E-state index contributed by atoms with van der Waals surface area (Å²) in [4.78, 5) is 48.8. The van der Waals surface area contributed by atoms with Crippen LogP contribution in [0.15, 0.2) is 17.8 Å². The summed E-state index contributed by atoms with van der Waals surface area (Å²) < 4.78 is 0. The molecule has 178 valence electrons. The Kier molecular flexibility index (Phi) is 9.17. The zero-order valence-electron chi connectivity index (χ0n) is 20.1. The third-order valence-corrected chi connectivity index (χ3v) is 4.98. The summed E-state index contributed by atoms with van der Waals surface area (Å²) in [5, 5.41) is 15.4. The molecule has 0 aromatic carbocycles. The number of nitrogens with zero attached hydrogens (tertiary/aromatic N) is 1. The van der Waals surface area contributed by atoms with Gasteiger partial charge in [0.2, 0.25) is 11.7 Å². The summed E-state index contributed by atoms with van der Waals surface area (Å²) in [6.45, 7) is 14.5. The van der Waals surface area contributed by atoms with Crippen molar-refractivity contribution < 1.29 is 19.2 Å². The molecule has 1 heterocycles. The Balaban J connectivity index is 3.00. The molecule has 0 bridgehead atoms. The number of hydrogen-bond donors (Lipinski definition) is 5. The van der Waals surface area contributed by atoms with Crippen LogP contribution in [0.3, 0.4) is 0 Å². The second-order valence-corrected chi connectivity index (χ2v) is 9.26. The second-order valence-electron chi connectivity index (χ2n) is 9.26. The van der Waals surface area contributed by atoms with Crippen molar-refractivity contribution in [1.82, 2.24) is 26.1 Å². The Morgan fingerprint density at radius 1 is 1.09 bits per heavy atom. The van der Waals surface area contributed by atoms with Crippen LogP contribution in [0.1, 0.15) is 64.6 Å². The summed E-state index contributed by atoms with van der Waals surface area (Å²) in [5.74, 6) is -3.05. The van der Waals surface area contributed by atoms with Crippen LogP contribution in [0.5, 0.6) is 0 Å². The summed E-state index contributed by atoms with van der Waals surface area (Å²) in [6.07, 6.45) is 1.78. The molecule has 0 saturated carbocycles. The maximum Gasteiger partial charge on any atom is 0.287 e. The van der Waals surface area contributed by atoms with Crippen LogP contribution >= 0.6 is 0 Å². The lowest BCUT2D eigenvalue weighted by molar-refractivity contribution is -0.139. The molecular formula is C22H36N6O4. The van der Waals surface area contributed by atoms with Crippen molar-refractivity contribution in [1.29, 1.82) is 0 Å². The minimum absolute atomic E-state index is 0.313. The lowest BCUT2D eigenvalue weighted by atomic mass is 9.84. The van der Waals surface area contributed by atoms with E-state index in [2.05, 4.69) is 26.1 Å². The fourth-order valence-corrected chi connectivity index (χ4v) is 3.12. The number of carbonyl (C=O) groups excluding carboxylic acids is 4. The van der Waals surface area contributed by atoms with Crippen LogP contribution in [-0.2, 0) is 14.4 Å². The fraction of sp³-hybridized carbons (Fsp3) is 0.591. The van der Waals surface area contributed by atoms with Gasteiger partial charge in [0, 0.05) is 5.70 Å². The first-order chi connectivity index (χ1) is 14.7. The van der Waals surface area contributed by atoms with Gasteiger partial charge < -0.3 is 21.7 Å². The monoisotopic (exact) mass is 448 g/mol. The molecule has 3 atom stereocenters. The summed E-state index contributed by atoms with van der Waals surface area (Å²) in [6, 6.07) is -0.568. The van der Waals surface area contributed by atoms with Crippen molar-refractivity contribution in [2.24, 2.45) is 17.1 Å². The Labute approximate surface area is 189 Å². The van der Waals surface area contributed by atoms with Crippen molar-refractivity contribution in [2.75, 3.05) is 0 Å². The number of aromatic amines is 1. The minimum atomic E-state index is -1.09. The summed E-state index contributed by atoms with van der Waals surface area (Å²) in [7, 11) is 0. The first-order valence-electron chi connectivity index (χ1n) is 10.6. The van der Waals surface area contributed by atoms with Crippen LogP contribution in [0.4, 0.5) is 0 Å². The molecular weight excluding hydrogens is 412 g/mol. The normalized spacial score (nSPS) is 15.0. The molecule has 0 aliphatic carbocycles. The predicted molar refractivity (Wildman–Crippen MR) is 121 cm³/mol. The third-order valence-electron chi connectivity index (χ3n) is 4.98. The number of aryl methyl sites for hydroxylation is 1. The number of primary amides is 1. The SMILES string of the molecule is CC=C(N[C@@H](C)C(=O)N[C@H](C(=O)C(N)=O)C(C)C)[C@@H](NC(=O)c1cc(C)n[nH]1)C(C)(C)C. The number of nitrogens with one attached hydrogen (secondary N) is 4. The number of nitrogens with two attached hydrogens (primary N) is 1. The van der Waals surface area contributed by atoms with E-state index in [0.717, 1.165) is 0 Å². The van der Waals surface area contributed by atoms with Crippen molar-refractivity contribution in [3.8, 4) is 0 Å². The predicted octanol–water partition coefficient (Wildman–Crippen LogP) is 0.940. The Bertz CT molecular complexity index is 881. The molecule has 0 radical (unpaired) electrons. The molecule has 1 rings (SSSR count). The Morgan fingerprint density at radius 2 is 1.69 bits per heavy atom. The zero-order valence-corrected chi connectivity index (χ0v) is 20.1. The lowest BCUT2D eigenvalue weighted by Crippen LogP contribution is -2.55. The van der Waals surface area contributed by atoms with E-state index in [4.69, 9.17) is 5.73 Å². The Hall–Kier alpha value is -3.17. The first kappa shape index (κ1) is 26.9. The maximum atomic E-state index is 12.7. The van der Waals surface area contributed by atoms with E-state index in [1.54, 1.807) is 46.8 Å². The van der Waals surface area contributed by atoms with E-state index in [0.29, 0.717) is 17.1 Å². The van der Waals surface area contributed by atoms with E-state index in [9.17, 15) is 19.2 Å². The van der Waals surface area contributed by atoms with Crippen LogP contribution in [0.25, 0.3) is 0 Å². The molecule has 3 amide bonds. The van der Waals surface area contributed by atoms with Gasteiger partial charge in [-0.2, -0.15) is 5.10 Å². The second kappa shape index (κ2) is 10.9. The Morgan fingerprint density at radius 3 is 2.09 bits per heavy atom. The van der Waals surface area contributed by atoms with Gasteiger partial charge in [0.15, 0.2) is 0 Å². The molecule has 0 unspecified atom stereocenters. The number of H-pyrrole nitrogens is 1. The fourth-order valence-electron chi connectivity index (χ4n) is 3.12. The molecule has 10 heteroatoms. The summed E-state index contributed by atoms with van der Waals surface area (Å²) >= 11 is 0. The standard InChI is InChI=1S/C22H36N6O4/c1-9-14(18(22(6,7)8)26-21(32)15-10-12(4)27-28-15)24-13(5)20(31)25-16(11(2)3)17(29)19(23)30/h9-11,13,16,18,24H,1-8H3,(H2,23,30)(H,25,31)(H,26,32)(H,27,28)/t13-,16-,18+/m0/s1. The molecule has 1 aromatic heterocycles. The molecule has 6 N–H and O–H groups in total. The first-order valence-corrected chi connectivity index (χ1v) is 10.6. The number of allylic oxidation sites excluding steroid dienone is 1. The number of Topliss-reactive ketones (excluding diaryl/α,β-unsaturated/α-hetero) is 1. The molecule has 0 aliphatic rings. The van der Waals surface area contributed by atoms with Gasteiger partial charge in [0.25, 0.3) is 11.8 Å². The maximum absolute atomic E-state index is 12.7. The number of rotatable bonds is 10. The van der Waals surface area contributed by atoms with Crippen molar-refractivity contribution >= 4 is 23.5 Å². The van der Waals surface area contributed by atoms with Crippen LogP contribution in [0, 0.1) is 18.3 Å². The van der Waals surface area contributed by atoms with Gasteiger partial charge in [-0.15, -0.1) is 0 Å². The molecule has 1 aromatic rings.